The van der Waals surface area contributed by atoms with E-state index in [2.05, 4.69) is 0 Å². The van der Waals surface area contributed by atoms with E-state index in [-0.39, 0.29) is 11.7 Å². The molecule has 0 saturated carbocycles. The Bertz CT molecular complexity index is 452. The second-order valence-corrected chi connectivity index (χ2v) is 5.31. The first-order valence-electron chi connectivity index (χ1n) is 5.94. The van der Waals surface area contributed by atoms with Crippen LogP contribution in [0.2, 0.25) is 0 Å². The Kier molecular flexibility index (Phi) is 2.94. The summed E-state index contributed by atoms with van der Waals surface area (Å²) in [6.07, 6.45) is 2.63. The fourth-order valence-corrected chi connectivity index (χ4v) is 2.68. The molecule has 2 rings (SSSR count). The van der Waals surface area contributed by atoms with Crippen LogP contribution in [0, 0.1) is 11.2 Å². The minimum absolute atomic E-state index is 0.0238. The Morgan fingerprint density at radius 1 is 1.47 bits per heavy atom. The lowest BCUT2D eigenvalue weighted by atomic mass is 9.68. The van der Waals surface area contributed by atoms with Crippen molar-refractivity contribution in [2.75, 3.05) is 0 Å². The van der Waals surface area contributed by atoms with Crippen LogP contribution >= 0.6 is 0 Å². The topological polar surface area (TPSA) is 37.3 Å². The third-order valence-electron chi connectivity index (χ3n) is 3.84. The van der Waals surface area contributed by atoms with Gasteiger partial charge in [0.05, 0.1) is 5.41 Å². The highest BCUT2D eigenvalue weighted by atomic mass is 19.1. The summed E-state index contributed by atoms with van der Waals surface area (Å²) in [4.78, 5) is 11.3. The third kappa shape index (κ3) is 2.06. The summed E-state index contributed by atoms with van der Waals surface area (Å²) in [5, 5.41) is 9.30. The number of rotatable bonds is 2. The number of benzene rings is 1. The van der Waals surface area contributed by atoms with E-state index in [4.69, 9.17) is 0 Å². The van der Waals surface area contributed by atoms with Crippen LogP contribution in [0.15, 0.2) is 18.2 Å². The first kappa shape index (κ1) is 12.1. The molecular formula is C14H17FO2. The van der Waals surface area contributed by atoms with Crippen LogP contribution in [0.5, 0.6) is 0 Å². The molecule has 92 valence electrons. The molecule has 0 fully saturated rings. The van der Waals surface area contributed by atoms with E-state index in [9.17, 15) is 14.3 Å². The number of hydrogen-bond acceptors (Lipinski definition) is 1. The molecule has 0 saturated heterocycles. The van der Waals surface area contributed by atoms with Crippen LogP contribution < -0.4 is 0 Å². The summed E-state index contributed by atoms with van der Waals surface area (Å²) in [6.45, 7) is 3.50. The predicted octanol–water partition coefficient (Wildman–Crippen LogP) is 3.36. The lowest BCUT2D eigenvalue weighted by molar-refractivity contribution is -0.148. The van der Waals surface area contributed by atoms with Gasteiger partial charge in [0.1, 0.15) is 5.82 Å². The summed E-state index contributed by atoms with van der Waals surface area (Å²) < 4.78 is 13.2. The highest BCUT2D eigenvalue weighted by Gasteiger charge is 2.39. The van der Waals surface area contributed by atoms with Gasteiger partial charge in [-0.25, -0.2) is 4.39 Å². The summed E-state index contributed by atoms with van der Waals surface area (Å²) in [7, 11) is 0. The molecule has 0 heterocycles. The van der Waals surface area contributed by atoms with Crippen molar-refractivity contribution in [1.29, 1.82) is 0 Å². The van der Waals surface area contributed by atoms with E-state index in [1.54, 1.807) is 26.0 Å². The van der Waals surface area contributed by atoms with E-state index in [1.807, 2.05) is 0 Å². The second kappa shape index (κ2) is 4.13. The molecule has 0 aromatic heterocycles. The molecule has 3 heteroatoms. The lowest BCUT2D eigenvalue weighted by Crippen LogP contribution is -2.33. The molecule has 1 aliphatic rings. The van der Waals surface area contributed by atoms with Crippen molar-refractivity contribution < 1.29 is 14.3 Å². The van der Waals surface area contributed by atoms with Crippen LogP contribution in [0.25, 0.3) is 0 Å². The molecule has 1 atom stereocenters. The average molecular weight is 236 g/mol. The Balaban J connectivity index is 2.45. The Labute approximate surface area is 100 Å². The third-order valence-corrected chi connectivity index (χ3v) is 3.84. The maximum Gasteiger partial charge on any atom is 0.309 e. The number of halogens is 1. The van der Waals surface area contributed by atoms with Crippen LogP contribution in [-0.4, -0.2) is 11.1 Å². The van der Waals surface area contributed by atoms with E-state index in [1.165, 1.54) is 6.07 Å². The minimum Gasteiger partial charge on any atom is -0.481 e. The van der Waals surface area contributed by atoms with Crippen LogP contribution in [0.1, 0.15) is 43.7 Å². The number of carbonyl (C=O) groups is 1. The molecule has 0 amide bonds. The number of carboxylic acids is 1. The Morgan fingerprint density at radius 2 is 2.18 bits per heavy atom. The molecule has 1 N–H and O–H groups in total. The maximum absolute atomic E-state index is 13.2. The molecule has 1 aromatic carbocycles. The van der Waals surface area contributed by atoms with Gasteiger partial charge >= 0.3 is 5.97 Å². The van der Waals surface area contributed by atoms with Crippen molar-refractivity contribution in [1.82, 2.24) is 0 Å². The summed E-state index contributed by atoms with van der Waals surface area (Å²) in [6, 6.07) is 4.72. The zero-order valence-corrected chi connectivity index (χ0v) is 10.2. The molecule has 1 unspecified atom stereocenters. The predicted molar refractivity (Wildman–Crippen MR) is 63.5 cm³/mol. The standard InChI is InChI=1S/C14H17FO2/c1-14(2,13(16)17)12-5-3-4-9-8-10(15)6-7-11(9)12/h6-8,12H,3-5H2,1-2H3,(H,16,17). The molecule has 0 aliphatic heterocycles. The van der Waals surface area contributed by atoms with Crippen molar-refractivity contribution in [2.24, 2.45) is 5.41 Å². The highest BCUT2D eigenvalue weighted by molar-refractivity contribution is 5.75. The van der Waals surface area contributed by atoms with E-state index in [0.717, 1.165) is 30.4 Å². The smallest absolute Gasteiger partial charge is 0.309 e. The molecule has 0 radical (unpaired) electrons. The number of carboxylic acid groups (broad SMARTS) is 1. The number of hydrogen-bond donors (Lipinski definition) is 1. The van der Waals surface area contributed by atoms with E-state index in [0.29, 0.717) is 0 Å². The van der Waals surface area contributed by atoms with Crippen molar-refractivity contribution in [3.05, 3.63) is 35.1 Å². The van der Waals surface area contributed by atoms with Crippen molar-refractivity contribution >= 4 is 5.97 Å². The Hall–Kier alpha value is -1.38. The second-order valence-electron chi connectivity index (χ2n) is 5.31. The monoisotopic (exact) mass is 236 g/mol. The maximum atomic E-state index is 13.2. The van der Waals surface area contributed by atoms with Gasteiger partial charge in [-0.3, -0.25) is 4.79 Å². The number of fused-ring (bicyclic) bond motifs is 1. The van der Waals surface area contributed by atoms with Gasteiger partial charge in [0.15, 0.2) is 0 Å². The zero-order chi connectivity index (χ0) is 12.6. The van der Waals surface area contributed by atoms with Gasteiger partial charge in [0.2, 0.25) is 0 Å². The van der Waals surface area contributed by atoms with Crippen molar-refractivity contribution in [2.45, 2.75) is 39.0 Å². The van der Waals surface area contributed by atoms with E-state index < -0.39 is 11.4 Å². The minimum atomic E-state index is -0.799. The first-order chi connectivity index (χ1) is 7.93. The molecule has 17 heavy (non-hydrogen) atoms. The zero-order valence-electron chi connectivity index (χ0n) is 10.2. The van der Waals surface area contributed by atoms with Crippen LogP contribution in [0.4, 0.5) is 4.39 Å². The highest BCUT2D eigenvalue weighted by Crippen LogP contribution is 2.44. The van der Waals surface area contributed by atoms with Crippen LogP contribution in [-0.2, 0) is 11.2 Å². The van der Waals surface area contributed by atoms with Gasteiger partial charge in [-0.15, -0.1) is 0 Å². The Morgan fingerprint density at radius 3 is 2.82 bits per heavy atom. The normalized spacial score (nSPS) is 19.8. The molecular weight excluding hydrogens is 219 g/mol. The van der Waals surface area contributed by atoms with Gasteiger partial charge in [-0.1, -0.05) is 6.07 Å². The molecule has 0 bridgehead atoms. The molecule has 2 nitrogen and oxygen atoms in total. The van der Waals surface area contributed by atoms with Gasteiger partial charge in [-0.2, -0.15) is 0 Å². The average Bonchev–Trinajstić information content (AvgIpc) is 2.27. The lowest BCUT2D eigenvalue weighted by Gasteiger charge is -2.35. The number of aliphatic carboxylic acids is 1. The van der Waals surface area contributed by atoms with Gasteiger partial charge in [0.25, 0.3) is 0 Å². The summed E-state index contributed by atoms with van der Waals surface area (Å²) in [5.74, 6) is -1.05. The van der Waals surface area contributed by atoms with Crippen molar-refractivity contribution in [3.8, 4) is 0 Å². The fraction of sp³-hybridized carbons (Fsp3) is 0.500. The van der Waals surface area contributed by atoms with Crippen molar-refractivity contribution in [3.63, 3.8) is 0 Å². The number of aryl methyl sites for hydroxylation is 1. The van der Waals surface area contributed by atoms with Gasteiger partial charge in [-0.05, 0) is 62.3 Å². The summed E-state index contributed by atoms with van der Waals surface area (Å²) in [5.41, 5.74) is 1.17. The van der Waals surface area contributed by atoms with E-state index >= 15 is 0 Å². The fourth-order valence-electron chi connectivity index (χ4n) is 2.68. The first-order valence-corrected chi connectivity index (χ1v) is 5.94. The molecule has 0 spiro atoms. The summed E-state index contributed by atoms with van der Waals surface area (Å²) >= 11 is 0. The van der Waals surface area contributed by atoms with Crippen LogP contribution in [0.3, 0.4) is 0 Å². The SMILES string of the molecule is CC(C)(C(=O)O)C1CCCc2cc(F)ccc21. The largest absolute Gasteiger partial charge is 0.481 e. The van der Waals surface area contributed by atoms with Gasteiger partial charge < -0.3 is 5.11 Å². The quantitative estimate of drug-likeness (QED) is 0.855. The molecule has 1 aromatic rings. The van der Waals surface area contributed by atoms with Gasteiger partial charge in [0, 0.05) is 0 Å². The molecule has 1 aliphatic carbocycles.